The Bertz CT molecular complexity index is 962. The second kappa shape index (κ2) is 7.99. The lowest BCUT2D eigenvalue weighted by molar-refractivity contribution is 0.101. The monoisotopic (exact) mass is 385 g/mol. The molecule has 0 bridgehead atoms. The molecule has 0 spiro atoms. The van der Waals surface area contributed by atoms with Crippen LogP contribution in [0.3, 0.4) is 0 Å². The van der Waals surface area contributed by atoms with Gasteiger partial charge in [-0.3, -0.25) is 14.6 Å². The number of amides is 2. The van der Waals surface area contributed by atoms with Crippen LogP contribution in [0.5, 0.6) is 0 Å². The van der Waals surface area contributed by atoms with Crippen molar-refractivity contribution < 1.29 is 9.59 Å². The van der Waals surface area contributed by atoms with Crippen molar-refractivity contribution in [1.82, 2.24) is 4.98 Å². The average Bonchev–Trinajstić information content (AvgIpc) is 2.65. The van der Waals surface area contributed by atoms with Gasteiger partial charge in [0, 0.05) is 29.3 Å². The molecule has 3 aromatic rings. The summed E-state index contributed by atoms with van der Waals surface area (Å²) >= 11 is 12.0. The van der Waals surface area contributed by atoms with E-state index >= 15 is 0 Å². The van der Waals surface area contributed by atoms with E-state index in [-0.39, 0.29) is 16.5 Å². The molecule has 1 aromatic heterocycles. The Morgan fingerprint density at radius 1 is 0.808 bits per heavy atom. The lowest BCUT2D eigenvalue weighted by atomic mass is 10.2. The molecular weight excluding hydrogens is 373 g/mol. The van der Waals surface area contributed by atoms with Crippen molar-refractivity contribution in [2.45, 2.75) is 0 Å². The number of hydrogen-bond acceptors (Lipinski definition) is 3. The van der Waals surface area contributed by atoms with Gasteiger partial charge in [0.2, 0.25) is 0 Å². The molecule has 2 amide bonds. The summed E-state index contributed by atoms with van der Waals surface area (Å²) in [6.07, 6.45) is 3.08. The van der Waals surface area contributed by atoms with Crippen LogP contribution < -0.4 is 10.6 Å². The normalized spacial score (nSPS) is 10.2. The van der Waals surface area contributed by atoms with Gasteiger partial charge in [-0.1, -0.05) is 35.3 Å². The molecule has 7 heteroatoms. The maximum Gasteiger partial charge on any atom is 0.257 e. The van der Waals surface area contributed by atoms with Gasteiger partial charge in [-0.15, -0.1) is 0 Å². The van der Waals surface area contributed by atoms with E-state index in [1.165, 1.54) is 0 Å². The van der Waals surface area contributed by atoms with E-state index in [1.807, 2.05) is 0 Å². The van der Waals surface area contributed by atoms with Crippen molar-refractivity contribution in [2.24, 2.45) is 0 Å². The number of carbonyl (C=O) groups is 2. The highest BCUT2D eigenvalue weighted by Gasteiger charge is 2.13. The molecular formula is C19H13Cl2N3O2. The fraction of sp³-hybridized carbons (Fsp3) is 0. The van der Waals surface area contributed by atoms with Crippen molar-refractivity contribution in [3.8, 4) is 0 Å². The van der Waals surface area contributed by atoms with E-state index in [1.54, 1.807) is 67.0 Å². The van der Waals surface area contributed by atoms with Crippen LogP contribution in [-0.2, 0) is 0 Å². The van der Waals surface area contributed by atoms with E-state index in [9.17, 15) is 9.59 Å². The van der Waals surface area contributed by atoms with Gasteiger partial charge in [-0.2, -0.15) is 0 Å². The maximum absolute atomic E-state index is 12.4. The number of anilines is 2. The van der Waals surface area contributed by atoms with E-state index in [0.29, 0.717) is 22.0 Å². The first-order chi connectivity index (χ1) is 12.5. The first kappa shape index (κ1) is 17.9. The van der Waals surface area contributed by atoms with Gasteiger partial charge < -0.3 is 10.6 Å². The van der Waals surface area contributed by atoms with Crippen LogP contribution in [0.15, 0.2) is 67.0 Å². The third-order valence-electron chi connectivity index (χ3n) is 3.52. The molecule has 0 aliphatic carbocycles. The number of benzene rings is 2. The molecule has 0 saturated carbocycles. The van der Waals surface area contributed by atoms with Crippen molar-refractivity contribution >= 4 is 46.4 Å². The first-order valence-corrected chi connectivity index (χ1v) is 8.37. The SMILES string of the molecule is O=C(Nc1cccc(NC(=O)c2cccc(Cl)c2Cl)c1)c1ccncc1. The van der Waals surface area contributed by atoms with Gasteiger partial charge in [0.05, 0.1) is 15.6 Å². The number of hydrogen-bond donors (Lipinski definition) is 2. The zero-order chi connectivity index (χ0) is 18.5. The highest BCUT2D eigenvalue weighted by atomic mass is 35.5. The highest BCUT2D eigenvalue weighted by molar-refractivity contribution is 6.44. The Balaban J connectivity index is 1.74. The van der Waals surface area contributed by atoms with Crippen molar-refractivity contribution in [2.75, 3.05) is 10.6 Å². The molecule has 0 aliphatic rings. The highest BCUT2D eigenvalue weighted by Crippen LogP contribution is 2.26. The summed E-state index contributed by atoms with van der Waals surface area (Å²) in [5.41, 5.74) is 1.81. The molecule has 130 valence electrons. The smallest absolute Gasteiger partial charge is 0.257 e. The summed E-state index contributed by atoms with van der Waals surface area (Å²) in [7, 11) is 0. The van der Waals surface area contributed by atoms with Crippen LogP contribution in [0.1, 0.15) is 20.7 Å². The minimum Gasteiger partial charge on any atom is -0.322 e. The van der Waals surface area contributed by atoms with Crippen molar-refractivity contribution in [3.63, 3.8) is 0 Å². The Kier molecular flexibility index (Phi) is 5.51. The molecule has 0 atom stereocenters. The molecule has 0 unspecified atom stereocenters. The van der Waals surface area contributed by atoms with Crippen LogP contribution in [-0.4, -0.2) is 16.8 Å². The molecule has 26 heavy (non-hydrogen) atoms. The van der Waals surface area contributed by atoms with E-state index in [2.05, 4.69) is 15.6 Å². The first-order valence-electron chi connectivity index (χ1n) is 7.61. The van der Waals surface area contributed by atoms with Gasteiger partial charge in [-0.05, 0) is 42.5 Å². The van der Waals surface area contributed by atoms with Crippen molar-refractivity contribution in [3.05, 3.63) is 88.2 Å². The van der Waals surface area contributed by atoms with E-state index in [0.717, 1.165) is 0 Å². The summed E-state index contributed by atoms with van der Waals surface area (Å²) in [4.78, 5) is 28.5. The molecule has 1 heterocycles. The number of aromatic nitrogens is 1. The summed E-state index contributed by atoms with van der Waals surface area (Å²) < 4.78 is 0. The van der Waals surface area contributed by atoms with Crippen LogP contribution >= 0.6 is 23.2 Å². The number of halogens is 2. The Labute approximate surface area is 160 Å². The quantitative estimate of drug-likeness (QED) is 0.671. The second-order valence-corrected chi connectivity index (χ2v) is 6.11. The molecule has 0 aliphatic heterocycles. The molecule has 3 rings (SSSR count). The van der Waals surface area contributed by atoms with Gasteiger partial charge in [-0.25, -0.2) is 0 Å². The van der Waals surface area contributed by atoms with Gasteiger partial charge in [0.15, 0.2) is 0 Å². The average molecular weight is 386 g/mol. The predicted octanol–water partition coefficient (Wildman–Crippen LogP) is 4.89. The molecule has 0 saturated heterocycles. The zero-order valence-electron chi connectivity index (χ0n) is 13.4. The minimum atomic E-state index is -0.393. The zero-order valence-corrected chi connectivity index (χ0v) is 14.9. The third kappa shape index (κ3) is 4.20. The lowest BCUT2D eigenvalue weighted by Gasteiger charge is -2.10. The van der Waals surface area contributed by atoms with Crippen LogP contribution in [0.2, 0.25) is 10.0 Å². The Morgan fingerprint density at radius 3 is 2.12 bits per heavy atom. The molecule has 2 N–H and O–H groups in total. The summed E-state index contributed by atoms with van der Waals surface area (Å²) in [5.74, 6) is -0.663. The maximum atomic E-state index is 12.4. The van der Waals surface area contributed by atoms with Gasteiger partial charge in [0.25, 0.3) is 11.8 Å². The van der Waals surface area contributed by atoms with Crippen LogP contribution in [0, 0.1) is 0 Å². The number of nitrogens with one attached hydrogen (secondary N) is 2. The van der Waals surface area contributed by atoms with Crippen LogP contribution in [0.25, 0.3) is 0 Å². The Hall–Kier alpha value is -2.89. The topological polar surface area (TPSA) is 71.1 Å². The van der Waals surface area contributed by atoms with Crippen molar-refractivity contribution in [1.29, 1.82) is 0 Å². The fourth-order valence-corrected chi connectivity index (χ4v) is 2.65. The fourth-order valence-electron chi connectivity index (χ4n) is 2.26. The lowest BCUT2D eigenvalue weighted by Crippen LogP contribution is -2.14. The van der Waals surface area contributed by atoms with E-state index in [4.69, 9.17) is 23.2 Å². The Morgan fingerprint density at radius 2 is 1.42 bits per heavy atom. The summed E-state index contributed by atoms with van der Waals surface area (Å²) in [5, 5.41) is 6.00. The van der Waals surface area contributed by atoms with E-state index < -0.39 is 5.91 Å². The number of nitrogens with zero attached hydrogens (tertiary/aromatic N) is 1. The number of rotatable bonds is 4. The third-order valence-corrected chi connectivity index (χ3v) is 4.34. The molecule has 0 radical (unpaired) electrons. The standard InChI is InChI=1S/C19H13Cl2N3O2/c20-16-6-2-5-15(17(16)21)19(26)24-14-4-1-3-13(11-14)23-18(25)12-7-9-22-10-8-12/h1-11H,(H,23,25)(H,24,26). The van der Waals surface area contributed by atoms with Gasteiger partial charge in [0.1, 0.15) is 0 Å². The largest absolute Gasteiger partial charge is 0.322 e. The number of carbonyl (C=O) groups excluding carboxylic acids is 2. The minimum absolute atomic E-state index is 0.189. The van der Waals surface area contributed by atoms with Crippen LogP contribution in [0.4, 0.5) is 11.4 Å². The second-order valence-electron chi connectivity index (χ2n) is 5.33. The molecule has 0 fully saturated rings. The molecule has 2 aromatic carbocycles. The summed E-state index contributed by atoms with van der Waals surface area (Å²) in [6, 6.07) is 14.9. The predicted molar refractivity (Wildman–Crippen MR) is 103 cm³/mol. The number of pyridine rings is 1. The summed E-state index contributed by atoms with van der Waals surface area (Å²) in [6.45, 7) is 0. The molecule has 5 nitrogen and oxygen atoms in total. The van der Waals surface area contributed by atoms with Gasteiger partial charge >= 0.3 is 0 Å².